The summed E-state index contributed by atoms with van der Waals surface area (Å²) in [5, 5.41) is 14.2. The molecule has 3 rings (SSSR count). The van der Waals surface area contributed by atoms with E-state index in [1.807, 2.05) is 16.9 Å². The second kappa shape index (κ2) is 6.39. The van der Waals surface area contributed by atoms with E-state index in [-0.39, 0.29) is 18.3 Å². The van der Waals surface area contributed by atoms with Crippen LogP contribution >= 0.6 is 0 Å². The number of nitrogens with zero attached hydrogens (tertiary/aromatic N) is 2. The maximum absolute atomic E-state index is 13.8. The van der Waals surface area contributed by atoms with Crippen molar-refractivity contribution in [2.45, 2.75) is 44.1 Å². The Balaban J connectivity index is 1.74. The molecule has 0 amide bonds. The number of benzene rings is 1. The minimum Gasteiger partial charge on any atom is -0.396 e. The number of hydrogen-bond donors (Lipinski definition) is 1. The van der Waals surface area contributed by atoms with E-state index >= 15 is 0 Å². The van der Waals surface area contributed by atoms with Crippen LogP contribution in [0.5, 0.6) is 0 Å². The van der Waals surface area contributed by atoms with Crippen molar-refractivity contribution in [3.63, 3.8) is 0 Å². The van der Waals surface area contributed by atoms with Gasteiger partial charge in [-0.2, -0.15) is 5.10 Å². The van der Waals surface area contributed by atoms with Crippen molar-refractivity contribution >= 4 is 0 Å². The summed E-state index contributed by atoms with van der Waals surface area (Å²) >= 11 is 0. The van der Waals surface area contributed by atoms with Gasteiger partial charge in [-0.15, -0.1) is 0 Å². The molecule has 2 aromatic rings. The molecule has 0 saturated heterocycles. The van der Waals surface area contributed by atoms with Crippen molar-refractivity contribution < 1.29 is 9.50 Å². The van der Waals surface area contributed by atoms with Crippen LogP contribution in [0, 0.1) is 5.82 Å². The average Bonchev–Trinajstić information content (AvgIpc) is 3.16. The standard InChI is InChI=1S/C17H21FN2O/c18-17-8-4-3-7-16(17)13(12-21)11-14-9-10-20(19-14)15-5-1-2-6-15/h3-4,7-10,13,15,21H,1-2,5-6,11-12H2. The molecule has 1 atom stereocenters. The first-order valence-corrected chi connectivity index (χ1v) is 7.67. The van der Waals surface area contributed by atoms with Gasteiger partial charge in [-0.25, -0.2) is 4.39 Å². The molecule has 1 heterocycles. The van der Waals surface area contributed by atoms with Gasteiger partial charge in [0, 0.05) is 18.5 Å². The molecule has 112 valence electrons. The third kappa shape index (κ3) is 3.16. The summed E-state index contributed by atoms with van der Waals surface area (Å²) in [7, 11) is 0. The van der Waals surface area contributed by atoms with Gasteiger partial charge in [0.05, 0.1) is 18.3 Å². The molecule has 3 nitrogen and oxygen atoms in total. The predicted octanol–water partition coefficient (Wildman–Crippen LogP) is 3.46. The summed E-state index contributed by atoms with van der Waals surface area (Å²) in [6.07, 6.45) is 7.51. The number of hydrogen-bond acceptors (Lipinski definition) is 2. The number of aliphatic hydroxyl groups is 1. The van der Waals surface area contributed by atoms with Crippen LogP contribution in [0.3, 0.4) is 0 Å². The van der Waals surface area contributed by atoms with Gasteiger partial charge >= 0.3 is 0 Å². The minimum absolute atomic E-state index is 0.0722. The summed E-state index contributed by atoms with van der Waals surface area (Å²) in [4.78, 5) is 0. The average molecular weight is 288 g/mol. The van der Waals surface area contributed by atoms with E-state index in [1.165, 1.54) is 31.7 Å². The van der Waals surface area contributed by atoms with E-state index in [0.29, 0.717) is 18.0 Å². The van der Waals surface area contributed by atoms with Gasteiger partial charge in [0.1, 0.15) is 5.82 Å². The van der Waals surface area contributed by atoms with Crippen LogP contribution in [-0.2, 0) is 6.42 Å². The normalized spacial score (nSPS) is 17.2. The minimum atomic E-state index is -0.258. The monoisotopic (exact) mass is 288 g/mol. The van der Waals surface area contributed by atoms with Crippen molar-refractivity contribution in [3.8, 4) is 0 Å². The lowest BCUT2D eigenvalue weighted by Crippen LogP contribution is -2.11. The molecule has 1 aliphatic carbocycles. The first-order valence-electron chi connectivity index (χ1n) is 7.67. The fourth-order valence-electron chi connectivity index (χ4n) is 3.19. The van der Waals surface area contributed by atoms with E-state index in [9.17, 15) is 9.50 Å². The van der Waals surface area contributed by atoms with E-state index in [2.05, 4.69) is 5.10 Å². The van der Waals surface area contributed by atoms with Crippen LogP contribution in [0.15, 0.2) is 36.5 Å². The Kier molecular flexibility index (Phi) is 4.34. The zero-order valence-corrected chi connectivity index (χ0v) is 12.1. The molecule has 0 spiro atoms. The Morgan fingerprint density at radius 1 is 1.24 bits per heavy atom. The Morgan fingerprint density at radius 2 is 2.00 bits per heavy atom. The highest BCUT2D eigenvalue weighted by Gasteiger charge is 2.20. The molecule has 1 fully saturated rings. The Morgan fingerprint density at radius 3 is 2.71 bits per heavy atom. The highest BCUT2D eigenvalue weighted by molar-refractivity contribution is 5.23. The zero-order chi connectivity index (χ0) is 14.7. The van der Waals surface area contributed by atoms with Crippen molar-refractivity contribution in [1.29, 1.82) is 0 Å². The summed E-state index contributed by atoms with van der Waals surface area (Å²) < 4.78 is 15.9. The van der Waals surface area contributed by atoms with Crippen LogP contribution in [0.25, 0.3) is 0 Å². The van der Waals surface area contributed by atoms with Gasteiger partial charge in [0.2, 0.25) is 0 Å². The molecular formula is C17H21FN2O. The van der Waals surface area contributed by atoms with Gasteiger partial charge in [-0.05, 0) is 30.5 Å². The van der Waals surface area contributed by atoms with E-state index in [4.69, 9.17) is 0 Å². The second-order valence-electron chi connectivity index (χ2n) is 5.83. The molecule has 0 aliphatic heterocycles. The quantitative estimate of drug-likeness (QED) is 0.915. The zero-order valence-electron chi connectivity index (χ0n) is 12.1. The van der Waals surface area contributed by atoms with Crippen molar-refractivity contribution in [2.75, 3.05) is 6.61 Å². The summed E-state index contributed by atoms with van der Waals surface area (Å²) in [5.74, 6) is -0.495. The fraction of sp³-hybridized carbons (Fsp3) is 0.471. The van der Waals surface area contributed by atoms with E-state index < -0.39 is 0 Å². The molecule has 1 aliphatic rings. The Hall–Kier alpha value is -1.68. The SMILES string of the molecule is OCC(Cc1ccn(C2CCCC2)n1)c1ccccc1F. The lowest BCUT2D eigenvalue weighted by atomic mass is 9.95. The summed E-state index contributed by atoms with van der Waals surface area (Å²) in [5.41, 5.74) is 1.49. The number of rotatable bonds is 5. The first-order chi connectivity index (χ1) is 10.3. The largest absolute Gasteiger partial charge is 0.396 e. The third-order valence-electron chi connectivity index (χ3n) is 4.38. The Bertz CT molecular complexity index is 590. The van der Waals surface area contributed by atoms with E-state index in [0.717, 1.165) is 5.69 Å². The van der Waals surface area contributed by atoms with Crippen molar-refractivity contribution in [3.05, 3.63) is 53.6 Å². The molecule has 1 N–H and O–H groups in total. The molecule has 4 heteroatoms. The summed E-state index contributed by atoms with van der Waals surface area (Å²) in [6.45, 7) is -0.0722. The second-order valence-corrected chi connectivity index (χ2v) is 5.83. The summed E-state index contributed by atoms with van der Waals surface area (Å²) in [6, 6.07) is 9.15. The molecule has 21 heavy (non-hydrogen) atoms. The van der Waals surface area contributed by atoms with Gasteiger partial charge in [0.15, 0.2) is 0 Å². The molecule has 0 bridgehead atoms. The van der Waals surface area contributed by atoms with Crippen LogP contribution < -0.4 is 0 Å². The maximum atomic E-state index is 13.8. The molecule has 0 radical (unpaired) electrons. The number of aromatic nitrogens is 2. The van der Waals surface area contributed by atoms with Crippen molar-refractivity contribution in [1.82, 2.24) is 9.78 Å². The first kappa shape index (κ1) is 14.3. The molecule has 1 aromatic carbocycles. The number of halogens is 1. The van der Waals surface area contributed by atoms with E-state index in [1.54, 1.807) is 18.2 Å². The van der Waals surface area contributed by atoms with Gasteiger partial charge in [-0.1, -0.05) is 31.0 Å². The highest BCUT2D eigenvalue weighted by atomic mass is 19.1. The smallest absolute Gasteiger partial charge is 0.126 e. The third-order valence-corrected chi connectivity index (χ3v) is 4.38. The highest BCUT2D eigenvalue weighted by Crippen LogP contribution is 2.29. The lowest BCUT2D eigenvalue weighted by molar-refractivity contribution is 0.260. The molecule has 1 aromatic heterocycles. The van der Waals surface area contributed by atoms with Gasteiger partial charge in [-0.3, -0.25) is 4.68 Å². The molecule has 1 unspecified atom stereocenters. The maximum Gasteiger partial charge on any atom is 0.126 e. The van der Waals surface area contributed by atoms with Crippen LogP contribution in [0.1, 0.15) is 48.9 Å². The van der Waals surface area contributed by atoms with Crippen LogP contribution in [-0.4, -0.2) is 21.5 Å². The predicted molar refractivity (Wildman–Crippen MR) is 79.7 cm³/mol. The lowest BCUT2D eigenvalue weighted by Gasteiger charge is -2.14. The fourth-order valence-corrected chi connectivity index (χ4v) is 3.19. The molecular weight excluding hydrogens is 267 g/mol. The molecule has 1 saturated carbocycles. The number of aliphatic hydroxyl groups excluding tert-OH is 1. The Labute approximate surface area is 124 Å². The van der Waals surface area contributed by atoms with Crippen molar-refractivity contribution in [2.24, 2.45) is 0 Å². The van der Waals surface area contributed by atoms with Crippen LogP contribution in [0.2, 0.25) is 0 Å². The van der Waals surface area contributed by atoms with Gasteiger partial charge < -0.3 is 5.11 Å². The van der Waals surface area contributed by atoms with Gasteiger partial charge in [0.25, 0.3) is 0 Å². The topological polar surface area (TPSA) is 38.0 Å². The van der Waals surface area contributed by atoms with Crippen LogP contribution in [0.4, 0.5) is 4.39 Å².